The van der Waals surface area contributed by atoms with Crippen LogP contribution in [0.1, 0.15) is 12.8 Å². The standard InChI is InChI=1S/C17H16Cl2O4/c18-15(20)17(16(19)21)9-7-14(8-10-17)23-12-4-11-22-13-5-2-1-3-6-13/h1-3,5-9H,4,10-12H2. The second-order valence-corrected chi connectivity index (χ2v) is 5.71. The van der Waals surface area contributed by atoms with Gasteiger partial charge in [0.15, 0.2) is 0 Å². The molecule has 4 nitrogen and oxygen atoms in total. The van der Waals surface area contributed by atoms with Crippen molar-refractivity contribution in [1.82, 2.24) is 0 Å². The van der Waals surface area contributed by atoms with Crippen LogP contribution >= 0.6 is 23.2 Å². The molecule has 0 saturated heterocycles. The first-order valence-corrected chi connectivity index (χ1v) is 7.90. The largest absolute Gasteiger partial charge is 0.494 e. The van der Waals surface area contributed by atoms with E-state index in [0.717, 1.165) is 5.75 Å². The van der Waals surface area contributed by atoms with E-state index >= 15 is 0 Å². The van der Waals surface area contributed by atoms with Gasteiger partial charge in [0.1, 0.15) is 16.9 Å². The molecule has 1 aliphatic rings. The molecule has 0 amide bonds. The molecule has 0 spiro atoms. The van der Waals surface area contributed by atoms with Gasteiger partial charge in [0.05, 0.1) is 13.2 Å². The molecule has 0 N–H and O–H groups in total. The van der Waals surface area contributed by atoms with Crippen LogP contribution in [0.4, 0.5) is 0 Å². The van der Waals surface area contributed by atoms with E-state index in [-0.39, 0.29) is 6.42 Å². The van der Waals surface area contributed by atoms with Gasteiger partial charge in [-0.15, -0.1) is 0 Å². The molecule has 1 aliphatic carbocycles. The van der Waals surface area contributed by atoms with Gasteiger partial charge < -0.3 is 9.47 Å². The van der Waals surface area contributed by atoms with Crippen LogP contribution in [-0.2, 0) is 14.3 Å². The summed E-state index contributed by atoms with van der Waals surface area (Å²) in [6.07, 6.45) is 5.38. The lowest BCUT2D eigenvalue weighted by molar-refractivity contribution is -0.128. The van der Waals surface area contributed by atoms with E-state index in [2.05, 4.69) is 0 Å². The second kappa shape index (κ2) is 8.18. The topological polar surface area (TPSA) is 52.6 Å². The quantitative estimate of drug-likeness (QED) is 0.404. The summed E-state index contributed by atoms with van der Waals surface area (Å²) in [6.45, 7) is 0.991. The van der Waals surface area contributed by atoms with E-state index in [1.165, 1.54) is 6.08 Å². The number of hydrogen-bond acceptors (Lipinski definition) is 4. The van der Waals surface area contributed by atoms with Crippen LogP contribution in [0.2, 0.25) is 0 Å². The first kappa shape index (κ1) is 17.6. The zero-order valence-electron chi connectivity index (χ0n) is 12.3. The third-order valence-corrected chi connectivity index (χ3v) is 4.10. The number of para-hydroxylation sites is 1. The Morgan fingerprint density at radius 3 is 2.26 bits per heavy atom. The summed E-state index contributed by atoms with van der Waals surface area (Å²) >= 11 is 11.0. The molecule has 0 saturated carbocycles. The number of halogens is 2. The Balaban J connectivity index is 1.74. The summed E-state index contributed by atoms with van der Waals surface area (Å²) in [4.78, 5) is 22.9. The maximum Gasteiger partial charge on any atom is 0.240 e. The predicted octanol–water partition coefficient (Wildman–Crippen LogP) is 3.83. The average Bonchev–Trinajstić information content (AvgIpc) is 2.55. The minimum Gasteiger partial charge on any atom is -0.494 e. The highest BCUT2D eigenvalue weighted by molar-refractivity contribution is 6.75. The summed E-state index contributed by atoms with van der Waals surface area (Å²) in [5.74, 6) is 1.39. The number of allylic oxidation sites excluding steroid dienone is 3. The van der Waals surface area contributed by atoms with Crippen molar-refractivity contribution in [2.45, 2.75) is 12.8 Å². The summed E-state index contributed by atoms with van der Waals surface area (Å²) in [6, 6.07) is 9.52. The highest BCUT2D eigenvalue weighted by Crippen LogP contribution is 2.35. The molecule has 0 aromatic heterocycles. The van der Waals surface area contributed by atoms with Crippen LogP contribution in [0.3, 0.4) is 0 Å². The maximum absolute atomic E-state index is 11.4. The summed E-state index contributed by atoms with van der Waals surface area (Å²) in [7, 11) is 0. The van der Waals surface area contributed by atoms with Crippen molar-refractivity contribution in [1.29, 1.82) is 0 Å². The lowest BCUT2D eigenvalue weighted by Crippen LogP contribution is -2.32. The first-order chi connectivity index (χ1) is 11.0. The van der Waals surface area contributed by atoms with Crippen molar-refractivity contribution < 1.29 is 19.1 Å². The fourth-order valence-corrected chi connectivity index (χ4v) is 2.55. The summed E-state index contributed by atoms with van der Waals surface area (Å²) < 4.78 is 11.1. The van der Waals surface area contributed by atoms with Crippen molar-refractivity contribution in [2.24, 2.45) is 5.41 Å². The Morgan fingerprint density at radius 1 is 1.04 bits per heavy atom. The van der Waals surface area contributed by atoms with Crippen LogP contribution in [0.15, 0.2) is 54.3 Å². The van der Waals surface area contributed by atoms with Crippen LogP contribution in [0.25, 0.3) is 0 Å². The highest BCUT2D eigenvalue weighted by atomic mass is 35.5. The van der Waals surface area contributed by atoms with E-state index in [1.807, 2.05) is 30.3 Å². The van der Waals surface area contributed by atoms with E-state index in [0.29, 0.717) is 25.4 Å². The normalized spacial score (nSPS) is 15.7. The van der Waals surface area contributed by atoms with E-state index < -0.39 is 15.9 Å². The first-order valence-electron chi connectivity index (χ1n) is 7.14. The summed E-state index contributed by atoms with van der Waals surface area (Å²) in [5.41, 5.74) is -1.48. The van der Waals surface area contributed by atoms with Crippen LogP contribution in [-0.4, -0.2) is 23.7 Å². The van der Waals surface area contributed by atoms with Gasteiger partial charge in [0.25, 0.3) is 0 Å². The van der Waals surface area contributed by atoms with Gasteiger partial charge in [-0.2, -0.15) is 0 Å². The zero-order chi connectivity index (χ0) is 16.7. The zero-order valence-corrected chi connectivity index (χ0v) is 13.8. The number of carbonyl (C=O) groups is 2. The van der Waals surface area contributed by atoms with Gasteiger partial charge in [-0.25, -0.2) is 0 Å². The molecule has 0 heterocycles. The van der Waals surface area contributed by atoms with Crippen molar-refractivity contribution in [3.05, 3.63) is 54.3 Å². The predicted molar refractivity (Wildman–Crippen MR) is 88.5 cm³/mol. The molecule has 0 atom stereocenters. The minimum atomic E-state index is -1.48. The molecule has 0 radical (unpaired) electrons. The lowest BCUT2D eigenvalue weighted by atomic mass is 9.84. The molecule has 2 rings (SSSR count). The second-order valence-electron chi connectivity index (χ2n) is 5.03. The fraction of sp³-hybridized carbons (Fsp3) is 0.294. The van der Waals surface area contributed by atoms with Gasteiger partial charge in [0.2, 0.25) is 10.5 Å². The van der Waals surface area contributed by atoms with Gasteiger partial charge in [-0.05, 0) is 53.9 Å². The molecule has 6 heteroatoms. The van der Waals surface area contributed by atoms with E-state index in [9.17, 15) is 9.59 Å². The minimum absolute atomic E-state index is 0.101. The third kappa shape index (κ3) is 4.60. The van der Waals surface area contributed by atoms with E-state index in [4.69, 9.17) is 32.7 Å². The van der Waals surface area contributed by atoms with Crippen molar-refractivity contribution in [3.8, 4) is 5.75 Å². The Labute approximate surface area is 144 Å². The van der Waals surface area contributed by atoms with Crippen LogP contribution in [0, 0.1) is 5.41 Å². The molecule has 0 bridgehead atoms. The molecule has 23 heavy (non-hydrogen) atoms. The summed E-state index contributed by atoms with van der Waals surface area (Å²) in [5, 5.41) is -1.58. The molecule has 1 aromatic rings. The molecule has 1 aromatic carbocycles. The maximum atomic E-state index is 11.4. The molecule has 0 unspecified atom stereocenters. The average molecular weight is 355 g/mol. The highest BCUT2D eigenvalue weighted by Gasteiger charge is 2.42. The smallest absolute Gasteiger partial charge is 0.240 e. The van der Waals surface area contributed by atoms with Crippen LogP contribution in [0.5, 0.6) is 5.75 Å². The molecular formula is C17H16Cl2O4. The SMILES string of the molecule is O=C(Cl)C1(C(=O)Cl)C=CC(OCCCOc2ccccc2)=CC1. The number of ether oxygens (including phenoxy) is 2. The van der Waals surface area contributed by atoms with Gasteiger partial charge in [-0.3, -0.25) is 9.59 Å². The Morgan fingerprint density at radius 2 is 1.70 bits per heavy atom. The monoisotopic (exact) mass is 354 g/mol. The van der Waals surface area contributed by atoms with Gasteiger partial charge in [-0.1, -0.05) is 24.3 Å². The lowest BCUT2D eigenvalue weighted by Gasteiger charge is -2.24. The Kier molecular flexibility index (Phi) is 6.25. The Bertz CT molecular complexity index is 609. The van der Waals surface area contributed by atoms with Crippen LogP contribution < -0.4 is 4.74 Å². The fourth-order valence-electron chi connectivity index (χ4n) is 2.05. The molecule has 0 fully saturated rings. The number of benzene rings is 1. The van der Waals surface area contributed by atoms with Crippen molar-refractivity contribution >= 4 is 33.7 Å². The molecular weight excluding hydrogens is 339 g/mol. The van der Waals surface area contributed by atoms with Crippen molar-refractivity contribution in [2.75, 3.05) is 13.2 Å². The van der Waals surface area contributed by atoms with Gasteiger partial charge >= 0.3 is 0 Å². The van der Waals surface area contributed by atoms with Gasteiger partial charge in [0, 0.05) is 6.42 Å². The molecule has 122 valence electrons. The number of rotatable bonds is 8. The molecule has 0 aliphatic heterocycles. The third-order valence-electron chi connectivity index (χ3n) is 3.43. The number of carbonyl (C=O) groups excluding carboxylic acids is 2. The Hall–Kier alpha value is -1.78. The number of hydrogen-bond donors (Lipinski definition) is 0. The van der Waals surface area contributed by atoms with E-state index in [1.54, 1.807) is 12.2 Å². The van der Waals surface area contributed by atoms with Crippen molar-refractivity contribution in [3.63, 3.8) is 0 Å².